The summed E-state index contributed by atoms with van der Waals surface area (Å²) in [5.74, 6) is -3.81. The lowest BCUT2D eigenvalue weighted by Gasteiger charge is -2.21. The van der Waals surface area contributed by atoms with E-state index in [1.165, 1.54) is 7.11 Å². The summed E-state index contributed by atoms with van der Waals surface area (Å²) in [6, 6.07) is 0. The van der Waals surface area contributed by atoms with Crippen LogP contribution < -0.4 is 11.2 Å². The van der Waals surface area contributed by atoms with E-state index in [1.807, 2.05) is 4.98 Å². The Morgan fingerprint density at radius 1 is 1.52 bits per heavy atom. The molecule has 1 fully saturated rings. The summed E-state index contributed by atoms with van der Waals surface area (Å²) < 4.78 is 37.9. The van der Waals surface area contributed by atoms with Crippen LogP contribution in [0.1, 0.15) is 11.8 Å². The second-order valence-corrected chi connectivity index (χ2v) is 4.58. The van der Waals surface area contributed by atoms with E-state index in [0.29, 0.717) is 4.57 Å². The molecule has 118 valence electrons. The van der Waals surface area contributed by atoms with E-state index in [2.05, 4.69) is 0 Å². The number of nitrogens with zero attached hydrogens (tertiary/aromatic N) is 1. The summed E-state index contributed by atoms with van der Waals surface area (Å²) in [6.45, 7) is -1.03. The van der Waals surface area contributed by atoms with Crippen LogP contribution in [0.5, 0.6) is 0 Å². The molecule has 1 aromatic rings. The van der Waals surface area contributed by atoms with E-state index in [9.17, 15) is 23.5 Å². The molecule has 1 saturated heterocycles. The molecule has 3 N–H and O–H groups in total. The van der Waals surface area contributed by atoms with Gasteiger partial charge in [0.2, 0.25) is 6.23 Å². The number of aromatic nitrogens is 2. The van der Waals surface area contributed by atoms with Crippen LogP contribution in [0.25, 0.3) is 0 Å². The molecule has 1 aliphatic heterocycles. The lowest BCUT2D eigenvalue weighted by atomic mass is 10.1. The first kappa shape index (κ1) is 15.8. The van der Waals surface area contributed by atoms with Crippen molar-refractivity contribution in [1.29, 1.82) is 0 Å². The Kier molecular flexibility index (Phi) is 4.23. The zero-order valence-corrected chi connectivity index (χ0v) is 11.0. The summed E-state index contributed by atoms with van der Waals surface area (Å²) in [5.41, 5.74) is -1.94. The van der Waals surface area contributed by atoms with Crippen LogP contribution in [0, 0.1) is 0 Å². The van der Waals surface area contributed by atoms with Crippen molar-refractivity contribution >= 4 is 0 Å². The number of alkyl halides is 2. The van der Waals surface area contributed by atoms with Crippen molar-refractivity contribution < 1.29 is 28.5 Å². The predicted octanol–water partition coefficient (Wildman–Crippen LogP) is -1.43. The van der Waals surface area contributed by atoms with Crippen LogP contribution in [0.4, 0.5) is 8.78 Å². The van der Waals surface area contributed by atoms with Crippen molar-refractivity contribution in [3.63, 3.8) is 0 Å². The number of nitrogens with one attached hydrogen (secondary N) is 1. The Labute approximate surface area is 116 Å². The van der Waals surface area contributed by atoms with Crippen molar-refractivity contribution in [1.82, 2.24) is 9.55 Å². The smallest absolute Gasteiger partial charge is 0.330 e. The number of rotatable bonds is 4. The SMILES string of the molecule is COCc1cn([C@@H]2O[C@H](CO)[C@@H](O)C2(F)F)c(=O)[nH]c1=O. The normalized spacial score (nSPS) is 28.0. The molecule has 0 aliphatic carbocycles. The molecule has 2 heterocycles. The highest BCUT2D eigenvalue weighted by Crippen LogP contribution is 2.41. The molecule has 21 heavy (non-hydrogen) atoms. The number of hydrogen-bond acceptors (Lipinski definition) is 6. The quantitative estimate of drug-likeness (QED) is 0.628. The van der Waals surface area contributed by atoms with Gasteiger partial charge >= 0.3 is 11.6 Å². The second-order valence-electron chi connectivity index (χ2n) is 4.58. The van der Waals surface area contributed by atoms with Crippen LogP contribution in [0.15, 0.2) is 15.8 Å². The van der Waals surface area contributed by atoms with Crippen LogP contribution >= 0.6 is 0 Å². The van der Waals surface area contributed by atoms with Gasteiger partial charge in [0.1, 0.15) is 6.10 Å². The minimum atomic E-state index is -3.81. The Bertz CT molecular complexity index is 628. The molecule has 0 bridgehead atoms. The number of aliphatic hydroxyl groups excluding tert-OH is 2. The third-order valence-corrected chi connectivity index (χ3v) is 3.15. The maximum atomic E-state index is 14.0. The topological polar surface area (TPSA) is 114 Å². The highest BCUT2D eigenvalue weighted by Gasteiger charge is 2.59. The van der Waals surface area contributed by atoms with Crippen molar-refractivity contribution in [2.45, 2.75) is 31.0 Å². The van der Waals surface area contributed by atoms with E-state index < -0.39 is 42.2 Å². The molecule has 0 unspecified atom stereocenters. The minimum absolute atomic E-state index is 0.0570. The third kappa shape index (κ3) is 2.62. The number of aliphatic hydroxyl groups is 2. The van der Waals surface area contributed by atoms with E-state index in [4.69, 9.17) is 14.6 Å². The lowest BCUT2D eigenvalue weighted by molar-refractivity contribution is -0.141. The van der Waals surface area contributed by atoms with E-state index in [0.717, 1.165) is 6.20 Å². The van der Waals surface area contributed by atoms with Gasteiger partial charge < -0.3 is 19.7 Å². The van der Waals surface area contributed by atoms with E-state index in [-0.39, 0.29) is 12.2 Å². The number of hydrogen-bond donors (Lipinski definition) is 3. The first-order chi connectivity index (χ1) is 9.82. The molecule has 8 nitrogen and oxygen atoms in total. The van der Waals surface area contributed by atoms with Crippen molar-refractivity contribution in [3.05, 3.63) is 32.6 Å². The average Bonchev–Trinajstić information content (AvgIpc) is 2.65. The Hall–Kier alpha value is -1.62. The minimum Gasteiger partial charge on any atom is -0.394 e. The maximum absolute atomic E-state index is 14.0. The molecule has 10 heteroatoms. The van der Waals surface area contributed by atoms with Gasteiger partial charge in [0, 0.05) is 13.3 Å². The highest BCUT2D eigenvalue weighted by atomic mass is 19.3. The molecule has 1 aliphatic rings. The molecule has 1 aromatic heterocycles. The molecule has 2 rings (SSSR count). The summed E-state index contributed by atoms with van der Waals surface area (Å²) in [7, 11) is 1.29. The molecule has 0 aromatic carbocycles. The van der Waals surface area contributed by atoms with Gasteiger partial charge in [0.25, 0.3) is 5.56 Å². The number of methoxy groups -OCH3 is 1. The van der Waals surface area contributed by atoms with Gasteiger partial charge in [0.15, 0.2) is 6.10 Å². The zero-order chi connectivity index (χ0) is 15.8. The van der Waals surface area contributed by atoms with Gasteiger partial charge in [-0.1, -0.05) is 0 Å². The van der Waals surface area contributed by atoms with E-state index in [1.54, 1.807) is 0 Å². The highest BCUT2D eigenvalue weighted by molar-refractivity contribution is 5.06. The molecule has 3 atom stereocenters. The molecule has 0 amide bonds. The molecule has 0 radical (unpaired) electrons. The third-order valence-electron chi connectivity index (χ3n) is 3.15. The predicted molar refractivity (Wildman–Crippen MR) is 64.0 cm³/mol. The van der Waals surface area contributed by atoms with E-state index >= 15 is 0 Å². The van der Waals surface area contributed by atoms with Gasteiger partial charge in [-0.25, -0.2) is 4.79 Å². The van der Waals surface area contributed by atoms with Gasteiger partial charge in [-0.15, -0.1) is 0 Å². The van der Waals surface area contributed by atoms with Gasteiger partial charge in [0.05, 0.1) is 18.8 Å². The first-order valence-corrected chi connectivity index (χ1v) is 5.98. The van der Waals surface area contributed by atoms with Crippen LogP contribution in [-0.2, 0) is 16.1 Å². The summed E-state index contributed by atoms with van der Waals surface area (Å²) in [4.78, 5) is 25.0. The Morgan fingerprint density at radius 3 is 2.71 bits per heavy atom. The van der Waals surface area contributed by atoms with Gasteiger partial charge in [-0.05, 0) is 0 Å². The Balaban J connectivity index is 2.49. The van der Waals surface area contributed by atoms with Crippen LogP contribution in [0.2, 0.25) is 0 Å². The second kappa shape index (κ2) is 5.64. The first-order valence-electron chi connectivity index (χ1n) is 5.98. The number of H-pyrrole nitrogens is 1. The fraction of sp³-hybridized carbons (Fsp3) is 0.636. The maximum Gasteiger partial charge on any atom is 0.330 e. The van der Waals surface area contributed by atoms with Crippen LogP contribution in [-0.4, -0.2) is 51.6 Å². The fourth-order valence-corrected chi connectivity index (χ4v) is 2.08. The van der Waals surface area contributed by atoms with Crippen molar-refractivity contribution in [2.24, 2.45) is 0 Å². The van der Waals surface area contributed by atoms with Crippen molar-refractivity contribution in [2.75, 3.05) is 13.7 Å². The van der Waals surface area contributed by atoms with Crippen LogP contribution in [0.3, 0.4) is 0 Å². The molecular weight excluding hydrogens is 294 g/mol. The molecular formula is C11H14F2N2O6. The zero-order valence-electron chi connectivity index (χ0n) is 11.0. The number of aromatic amines is 1. The molecule has 0 spiro atoms. The standard InChI is InChI=1S/C11H14F2N2O6/c1-20-4-5-2-15(10(19)14-8(5)18)9-11(12,13)7(17)6(3-16)21-9/h2,6-7,9,16-17H,3-4H2,1H3,(H,14,18,19)/t6-,7-,9-/m1/s1. The lowest BCUT2D eigenvalue weighted by Crippen LogP contribution is -2.43. The monoisotopic (exact) mass is 308 g/mol. The van der Waals surface area contributed by atoms with Gasteiger partial charge in [-0.2, -0.15) is 8.78 Å². The Morgan fingerprint density at radius 2 is 2.19 bits per heavy atom. The fourth-order valence-electron chi connectivity index (χ4n) is 2.08. The summed E-state index contributed by atoms with van der Waals surface area (Å²) >= 11 is 0. The molecule has 0 saturated carbocycles. The van der Waals surface area contributed by atoms with Crippen molar-refractivity contribution in [3.8, 4) is 0 Å². The van der Waals surface area contributed by atoms with Gasteiger partial charge in [-0.3, -0.25) is 14.3 Å². The average molecular weight is 308 g/mol. The number of halogens is 2. The largest absolute Gasteiger partial charge is 0.394 e. The summed E-state index contributed by atoms with van der Waals surface area (Å²) in [6.07, 6.45) is -5.05. The summed E-state index contributed by atoms with van der Waals surface area (Å²) in [5, 5.41) is 18.3. The number of ether oxygens (including phenoxy) is 2.